The molecule has 0 aromatic heterocycles. The zero-order valence-corrected chi connectivity index (χ0v) is 14.6. The van der Waals surface area contributed by atoms with Gasteiger partial charge in [0.2, 0.25) is 5.91 Å². The fourth-order valence-electron chi connectivity index (χ4n) is 2.73. The fourth-order valence-corrected chi connectivity index (χ4v) is 3.03. The maximum absolute atomic E-state index is 12.1. The molecule has 1 aliphatic rings. The number of hydrogen-bond donors (Lipinski definition) is 2. The van der Waals surface area contributed by atoms with Crippen molar-refractivity contribution in [1.29, 1.82) is 0 Å². The van der Waals surface area contributed by atoms with E-state index in [2.05, 4.69) is 5.32 Å². The molecule has 1 heterocycles. The molecule has 2 N–H and O–H groups in total. The largest absolute Gasteiger partial charge is 0.481 e. The molecular weight excluding hydrogens is 339 g/mol. The lowest BCUT2D eigenvalue weighted by Crippen LogP contribution is -2.43. The minimum atomic E-state index is -0.739. The van der Waals surface area contributed by atoms with Crippen LogP contribution in [0.15, 0.2) is 24.3 Å². The van der Waals surface area contributed by atoms with Gasteiger partial charge in [0.25, 0.3) is 0 Å². The van der Waals surface area contributed by atoms with Crippen LogP contribution in [0.3, 0.4) is 0 Å². The van der Waals surface area contributed by atoms with Crippen molar-refractivity contribution in [3.8, 4) is 0 Å². The number of piperidine rings is 1. The Morgan fingerprint density at radius 2 is 1.96 bits per heavy atom. The second-order valence-corrected chi connectivity index (χ2v) is 6.11. The molecule has 1 fully saturated rings. The molecule has 0 radical (unpaired) electrons. The fraction of sp³-hybridized carbons (Fsp3) is 0.500. The number of carbonyl (C=O) groups is 2. The summed E-state index contributed by atoms with van der Waals surface area (Å²) in [7, 11) is 0. The van der Waals surface area contributed by atoms with E-state index in [1.807, 2.05) is 30.0 Å². The van der Waals surface area contributed by atoms with E-state index in [4.69, 9.17) is 16.7 Å². The van der Waals surface area contributed by atoms with Crippen LogP contribution in [0.5, 0.6) is 0 Å². The topological polar surface area (TPSA) is 69.6 Å². The lowest BCUT2D eigenvalue weighted by atomic mass is 9.97. The predicted octanol–water partition coefficient (Wildman–Crippen LogP) is 2.74. The van der Waals surface area contributed by atoms with Crippen molar-refractivity contribution in [3.63, 3.8) is 0 Å². The Balaban J connectivity index is 0.00000264. The summed E-state index contributed by atoms with van der Waals surface area (Å²) in [6.45, 7) is 3.48. The lowest BCUT2D eigenvalue weighted by Gasteiger charge is -2.29. The predicted molar refractivity (Wildman–Crippen MR) is 92.1 cm³/mol. The number of carbonyl (C=O) groups excluding carboxylic acids is 1. The molecule has 0 bridgehead atoms. The van der Waals surface area contributed by atoms with Gasteiger partial charge in [-0.25, -0.2) is 0 Å². The van der Waals surface area contributed by atoms with E-state index in [0.29, 0.717) is 37.5 Å². The van der Waals surface area contributed by atoms with Crippen LogP contribution in [-0.4, -0.2) is 41.5 Å². The number of halogens is 2. The first-order chi connectivity index (χ1) is 10.5. The molecule has 1 atom stereocenters. The first-order valence-electron chi connectivity index (χ1n) is 7.46. The van der Waals surface area contributed by atoms with Gasteiger partial charge in [-0.2, -0.15) is 0 Å². The quantitative estimate of drug-likeness (QED) is 0.846. The van der Waals surface area contributed by atoms with E-state index < -0.39 is 5.97 Å². The smallest absolute Gasteiger partial charge is 0.306 e. The van der Waals surface area contributed by atoms with E-state index in [1.54, 1.807) is 6.07 Å². The molecule has 1 amide bonds. The van der Waals surface area contributed by atoms with Crippen molar-refractivity contribution in [1.82, 2.24) is 10.2 Å². The van der Waals surface area contributed by atoms with Crippen molar-refractivity contribution in [2.24, 2.45) is 5.92 Å². The Hall–Kier alpha value is -1.30. The van der Waals surface area contributed by atoms with Crippen molar-refractivity contribution < 1.29 is 14.7 Å². The van der Waals surface area contributed by atoms with Crippen LogP contribution >= 0.6 is 24.0 Å². The van der Waals surface area contributed by atoms with E-state index in [-0.39, 0.29) is 30.3 Å². The third-order valence-corrected chi connectivity index (χ3v) is 4.40. The van der Waals surface area contributed by atoms with Gasteiger partial charge < -0.3 is 10.4 Å². The molecule has 7 heteroatoms. The maximum atomic E-state index is 12.1. The van der Waals surface area contributed by atoms with Crippen LogP contribution in [0.25, 0.3) is 0 Å². The summed E-state index contributed by atoms with van der Waals surface area (Å²) in [5.74, 6) is -1.08. The van der Waals surface area contributed by atoms with Crippen LogP contribution in [-0.2, 0) is 9.59 Å². The number of hydrogen-bond acceptors (Lipinski definition) is 3. The van der Waals surface area contributed by atoms with Gasteiger partial charge in [-0.15, -0.1) is 12.4 Å². The monoisotopic (exact) mass is 360 g/mol. The van der Waals surface area contributed by atoms with Crippen LogP contribution in [0.4, 0.5) is 0 Å². The van der Waals surface area contributed by atoms with E-state index in [1.165, 1.54) is 0 Å². The number of carboxylic acids is 1. The Morgan fingerprint density at radius 3 is 2.52 bits per heavy atom. The second-order valence-electron chi connectivity index (χ2n) is 5.70. The Labute approximate surface area is 147 Å². The summed E-state index contributed by atoms with van der Waals surface area (Å²) in [6, 6.07) is 7.29. The third kappa shape index (κ3) is 5.68. The number of nitrogens with zero attached hydrogens (tertiary/aromatic N) is 1. The van der Waals surface area contributed by atoms with Crippen molar-refractivity contribution in [2.45, 2.75) is 25.8 Å². The molecule has 0 aliphatic carbocycles. The standard InChI is InChI=1S/C16H21ClN2O3.ClH/c1-11(13-4-2-3-5-14(13)17)18-15(20)10-19-8-6-12(7-9-19)16(21)22;/h2-5,11-12H,6-10H2,1H3,(H,18,20)(H,21,22);1H. The highest BCUT2D eigenvalue weighted by Gasteiger charge is 2.25. The van der Waals surface area contributed by atoms with E-state index in [0.717, 1.165) is 5.56 Å². The second kappa shape index (κ2) is 9.11. The van der Waals surface area contributed by atoms with Crippen LogP contribution in [0.2, 0.25) is 5.02 Å². The molecule has 1 aromatic carbocycles. The average molecular weight is 361 g/mol. The SMILES string of the molecule is CC(NC(=O)CN1CCC(C(=O)O)CC1)c1ccccc1Cl.Cl. The Kier molecular flexibility index (Phi) is 7.82. The number of likely N-dealkylation sites (tertiary alicyclic amines) is 1. The molecule has 2 rings (SSSR count). The average Bonchev–Trinajstić information content (AvgIpc) is 2.48. The van der Waals surface area contributed by atoms with E-state index in [9.17, 15) is 9.59 Å². The van der Waals surface area contributed by atoms with Gasteiger partial charge in [-0.3, -0.25) is 14.5 Å². The first kappa shape index (κ1) is 19.7. The van der Waals surface area contributed by atoms with Crippen LogP contribution in [0, 0.1) is 5.92 Å². The molecule has 1 aromatic rings. The van der Waals surface area contributed by atoms with Gasteiger partial charge in [0.15, 0.2) is 0 Å². The zero-order valence-electron chi connectivity index (χ0n) is 13.0. The van der Waals surface area contributed by atoms with Crippen molar-refractivity contribution >= 4 is 35.9 Å². The maximum Gasteiger partial charge on any atom is 0.306 e. The summed E-state index contributed by atoms with van der Waals surface area (Å²) in [5, 5.41) is 12.5. The molecule has 5 nitrogen and oxygen atoms in total. The molecule has 23 heavy (non-hydrogen) atoms. The van der Waals surface area contributed by atoms with Gasteiger partial charge in [0.1, 0.15) is 0 Å². The zero-order chi connectivity index (χ0) is 16.1. The highest BCUT2D eigenvalue weighted by Crippen LogP contribution is 2.22. The molecular formula is C16H22Cl2N2O3. The molecule has 0 spiro atoms. The van der Waals surface area contributed by atoms with Crippen LogP contribution < -0.4 is 5.32 Å². The number of aliphatic carboxylic acids is 1. The number of amides is 1. The molecule has 0 saturated carbocycles. The third-order valence-electron chi connectivity index (χ3n) is 4.05. The number of benzene rings is 1. The minimum Gasteiger partial charge on any atom is -0.481 e. The first-order valence-corrected chi connectivity index (χ1v) is 7.84. The summed E-state index contributed by atoms with van der Waals surface area (Å²) in [5.41, 5.74) is 0.891. The van der Waals surface area contributed by atoms with Crippen LogP contribution in [0.1, 0.15) is 31.4 Å². The van der Waals surface area contributed by atoms with Crippen molar-refractivity contribution in [2.75, 3.05) is 19.6 Å². The number of rotatable bonds is 5. The highest BCUT2D eigenvalue weighted by molar-refractivity contribution is 6.31. The lowest BCUT2D eigenvalue weighted by molar-refractivity contribution is -0.143. The molecule has 1 saturated heterocycles. The van der Waals surface area contributed by atoms with Gasteiger partial charge in [-0.1, -0.05) is 29.8 Å². The van der Waals surface area contributed by atoms with Crippen molar-refractivity contribution in [3.05, 3.63) is 34.9 Å². The molecule has 1 unspecified atom stereocenters. The minimum absolute atomic E-state index is 0. The molecule has 128 valence electrons. The Morgan fingerprint density at radius 1 is 1.35 bits per heavy atom. The highest BCUT2D eigenvalue weighted by atomic mass is 35.5. The molecule has 1 aliphatic heterocycles. The number of carboxylic acid groups (broad SMARTS) is 1. The summed E-state index contributed by atoms with van der Waals surface area (Å²) >= 11 is 6.12. The Bertz CT molecular complexity index is 546. The van der Waals surface area contributed by atoms with Gasteiger partial charge >= 0.3 is 5.97 Å². The van der Waals surface area contributed by atoms with Gasteiger partial charge in [0, 0.05) is 5.02 Å². The number of nitrogens with one attached hydrogen (secondary N) is 1. The summed E-state index contributed by atoms with van der Waals surface area (Å²) < 4.78 is 0. The van der Waals surface area contributed by atoms with Gasteiger partial charge in [-0.05, 0) is 44.5 Å². The van der Waals surface area contributed by atoms with E-state index >= 15 is 0 Å². The van der Waals surface area contributed by atoms with Gasteiger partial charge in [0.05, 0.1) is 18.5 Å². The summed E-state index contributed by atoms with van der Waals surface area (Å²) in [6.07, 6.45) is 1.20. The summed E-state index contributed by atoms with van der Waals surface area (Å²) in [4.78, 5) is 25.0. The normalized spacial score (nSPS) is 17.1.